The molecule has 2 atom stereocenters. The van der Waals surface area contributed by atoms with Gasteiger partial charge < -0.3 is 16.2 Å². The summed E-state index contributed by atoms with van der Waals surface area (Å²) in [7, 11) is 0. The zero-order valence-corrected chi connectivity index (χ0v) is 12.2. The number of nitrogens with one attached hydrogen (secondary N) is 1. The van der Waals surface area contributed by atoms with E-state index in [1.54, 1.807) is 0 Å². The lowest BCUT2D eigenvalue weighted by Crippen LogP contribution is -2.29. The molecule has 2 rings (SSSR count). The number of anilines is 2. The SMILES string of the molecule is CSC1CCCC(Nc2cc(F)c(C(=O)O)cc2N)C1. The molecule has 0 saturated heterocycles. The van der Waals surface area contributed by atoms with Gasteiger partial charge in [0.05, 0.1) is 16.9 Å². The Bertz CT molecular complexity index is 510. The molecule has 1 aliphatic rings. The number of benzene rings is 1. The zero-order valence-electron chi connectivity index (χ0n) is 11.4. The van der Waals surface area contributed by atoms with Crippen molar-refractivity contribution in [3.63, 3.8) is 0 Å². The first-order chi connectivity index (χ1) is 9.51. The highest BCUT2D eigenvalue weighted by Crippen LogP contribution is 2.31. The Balaban J connectivity index is 2.13. The van der Waals surface area contributed by atoms with E-state index in [1.165, 1.54) is 18.6 Å². The molecule has 20 heavy (non-hydrogen) atoms. The zero-order chi connectivity index (χ0) is 14.7. The van der Waals surface area contributed by atoms with E-state index in [4.69, 9.17) is 10.8 Å². The average molecular weight is 298 g/mol. The number of hydrogen-bond donors (Lipinski definition) is 3. The van der Waals surface area contributed by atoms with E-state index in [2.05, 4.69) is 11.6 Å². The van der Waals surface area contributed by atoms with E-state index in [9.17, 15) is 9.18 Å². The maximum absolute atomic E-state index is 13.7. The predicted octanol–water partition coefficient (Wildman–Crippen LogP) is 3.19. The molecule has 6 heteroatoms. The van der Waals surface area contributed by atoms with Crippen LogP contribution in [0.4, 0.5) is 15.8 Å². The van der Waals surface area contributed by atoms with Gasteiger partial charge in [-0.15, -0.1) is 0 Å². The van der Waals surface area contributed by atoms with Crippen LogP contribution in [0.5, 0.6) is 0 Å². The van der Waals surface area contributed by atoms with Gasteiger partial charge >= 0.3 is 5.97 Å². The molecule has 110 valence electrons. The summed E-state index contributed by atoms with van der Waals surface area (Å²) in [5.74, 6) is -2.06. The maximum Gasteiger partial charge on any atom is 0.338 e. The molecule has 0 aromatic heterocycles. The summed E-state index contributed by atoms with van der Waals surface area (Å²) < 4.78 is 13.7. The molecule has 1 aliphatic carbocycles. The van der Waals surface area contributed by atoms with Crippen molar-refractivity contribution in [3.8, 4) is 0 Å². The number of aromatic carboxylic acids is 1. The highest BCUT2D eigenvalue weighted by Gasteiger charge is 2.22. The Kier molecular flexibility index (Phi) is 4.75. The maximum atomic E-state index is 13.7. The van der Waals surface area contributed by atoms with Crippen molar-refractivity contribution in [3.05, 3.63) is 23.5 Å². The minimum Gasteiger partial charge on any atom is -0.478 e. The lowest BCUT2D eigenvalue weighted by molar-refractivity contribution is 0.0692. The van der Waals surface area contributed by atoms with Gasteiger partial charge in [0.2, 0.25) is 0 Å². The summed E-state index contributed by atoms with van der Waals surface area (Å²) in [4.78, 5) is 10.8. The normalized spacial score (nSPS) is 22.5. The number of carboxylic acid groups (broad SMARTS) is 1. The molecule has 1 fully saturated rings. The van der Waals surface area contributed by atoms with Crippen molar-refractivity contribution in [2.75, 3.05) is 17.3 Å². The van der Waals surface area contributed by atoms with Crippen molar-refractivity contribution in [1.82, 2.24) is 0 Å². The van der Waals surface area contributed by atoms with Gasteiger partial charge in [-0.2, -0.15) is 11.8 Å². The second-order valence-corrected chi connectivity index (χ2v) is 6.23. The number of hydrogen-bond acceptors (Lipinski definition) is 4. The molecule has 1 aromatic rings. The number of nitrogen functional groups attached to an aromatic ring is 1. The van der Waals surface area contributed by atoms with Gasteiger partial charge in [0.15, 0.2) is 0 Å². The first kappa shape index (κ1) is 15.0. The van der Waals surface area contributed by atoms with Crippen molar-refractivity contribution < 1.29 is 14.3 Å². The third kappa shape index (κ3) is 3.36. The largest absolute Gasteiger partial charge is 0.478 e. The topological polar surface area (TPSA) is 75.3 Å². The summed E-state index contributed by atoms with van der Waals surface area (Å²) in [5.41, 5.74) is 6.18. The van der Waals surface area contributed by atoms with Gasteiger partial charge in [-0.3, -0.25) is 0 Å². The fourth-order valence-corrected chi connectivity index (χ4v) is 3.42. The van der Waals surface area contributed by atoms with Crippen molar-refractivity contribution >= 4 is 29.1 Å². The third-order valence-corrected chi connectivity index (χ3v) is 4.78. The second kappa shape index (κ2) is 6.35. The second-order valence-electron chi connectivity index (χ2n) is 5.09. The van der Waals surface area contributed by atoms with Gasteiger partial charge in [0, 0.05) is 11.3 Å². The summed E-state index contributed by atoms with van der Waals surface area (Å²) >= 11 is 1.85. The molecule has 1 aromatic carbocycles. The molecule has 0 aliphatic heterocycles. The van der Waals surface area contributed by atoms with Crippen molar-refractivity contribution in [2.45, 2.75) is 37.0 Å². The van der Waals surface area contributed by atoms with E-state index in [-0.39, 0.29) is 11.7 Å². The third-order valence-electron chi connectivity index (χ3n) is 3.69. The van der Waals surface area contributed by atoms with Crippen LogP contribution in [-0.4, -0.2) is 28.6 Å². The van der Waals surface area contributed by atoms with Crippen LogP contribution < -0.4 is 11.1 Å². The minimum absolute atomic E-state index is 0.263. The number of carboxylic acids is 1. The molecule has 0 radical (unpaired) electrons. The van der Waals surface area contributed by atoms with E-state index < -0.39 is 17.3 Å². The van der Waals surface area contributed by atoms with Crippen LogP contribution in [0.1, 0.15) is 36.0 Å². The Hall–Kier alpha value is -1.43. The smallest absolute Gasteiger partial charge is 0.338 e. The van der Waals surface area contributed by atoms with Crippen LogP contribution in [0.15, 0.2) is 12.1 Å². The Morgan fingerprint density at radius 2 is 2.25 bits per heavy atom. The van der Waals surface area contributed by atoms with Gasteiger partial charge in [0.1, 0.15) is 5.82 Å². The van der Waals surface area contributed by atoms with Crippen LogP contribution in [-0.2, 0) is 0 Å². The minimum atomic E-state index is -1.30. The van der Waals surface area contributed by atoms with Gasteiger partial charge in [-0.25, -0.2) is 9.18 Å². The molecule has 2 unspecified atom stereocenters. The van der Waals surface area contributed by atoms with Crippen molar-refractivity contribution in [2.24, 2.45) is 0 Å². The number of nitrogens with two attached hydrogens (primary N) is 1. The van der Waals surface area contributed by atoms with E-state index in [0.29, 0.717) is 10.9 Å². The summed E-state index contributed by atoms with van der Waals surface area (Å²) in [6.45, 7) is 0. The number of rotatable bonds is 4. The Labute approximate surface area is 121 Å². The summed E-state index contributed by atoms with van der Waals surface area (Å²) in [6, 6.07) is 2.62. The molecule has 0 amide bonds. The number of thioether (sulfide) groups is 1. The molecule has 4 N–H and O–H groups in total. The molecule has 1 saturated carbocycles. The first-order valence-electron chi connectivity index (χ1n) is 6.63. The average Bonchev–Trinajstić information content (AvgIpc) is 2.42. The van der Waals surface area contributed by atoms with Crippen LogP contribution in [0.2, 0.25) is 0 Å². The van der Waals surface area contributed by atoms with E-state index >= 15 is 0 Å². The fourth-order valence-electron chi connectivity index (χ4n) is 2.59. The monoisotopic (exact) mass is 298 g/mol. The van der Waals surface area contributed by atoms with Crippen LogP contribution in [0, 0.1) is 5.82 Å². The van der Waals surface area contributed by atoms with Gasteiger partial charge in [0.25, 0.3) is 0 Å². The van der Waals surface area contributed by atoms with E-state index in [1.807, 2.05) is 11.8 Å². The quantitative estimate of drug-likeness (QED) is 0.744. The van der Waals surface area contributed by atoms with E-state index in [0.717, 1.165) is 19.3 Å². The van der Waals surface area contributed by atoms with Crippen LogP contribution in [0.25, 0.3) is 0 Å². The summed E-state index contributed by atoms with van der Waals surface area (Å²) in [5, 5.41) is 12.7. The molecule has 4 nitrogen and oxygen atoms in total. The van der Waals surface area contributed by atoms with Crippen molar-refractivity contribution in [1.29, 1.82) is 0 Å². The number of halogens is 1. The fraction of sp³-hybridized carbons (Fsp3) is 0.500. The standard InChI is InChI=1S/C14H19FN2O2S/c1-20-9-4-2-3-8(5-9)17-13-7-11(15)10(14(18)19)6-12(13)16/h6-9,17H,2-5,16H2,1H3,(H,18,19). The molecule has 0 bridgehead atoms. The highest BCUT2D eigenvalue weighted by atomic mass is 32.2. The molecule has 0 spiro atoms. The van der Waals surface area contributed by atoms with Gasteiger partial charge in [-0.1, -0.05) is 6.42 Å². The van der Waals surface area contributed by atoms with Crippen LogP contribution >= 0.6 is 11.8 Å². The predicted molar refractivity (Wildman–Crippen MR) is 81.0 cm³/mol. The molecule has 0 heterocycles. The lowest BCUT2D eigenvalue weighted by Gasteiger charge is -2.29. The highest BCUT2D eigenvalue weighted by molar-refractivity contribution is 7.99. The lowest BCUT2D eigenvalue weighted by atomic mass is 9.94. The Morgan fingerprint density at radius 3 is 2.90 bits per heavy atom. The first-order valence-corrected chi connectivity index (χ1v) is 7.91. The Morgan fingerprint density at radius 1 is 1.50 bits per heavy atom. The summed E-state index contributed by atoms with van der Waals surface area (Å²) in [6.07, 6.45) is 6.49. The molecular formula is C14H19FN2O2S. The number of carbonyl (C=O) groups is 1. The van der Waals surface area contributed by atoms with Crippen LogP contribution in [0.3, 0.4) is 0 Å². The molecular weight excluding hydrogens is 279 g/mol. The van der Waals surface area contributed by atoms with Gasteiger partial charge in [-0.05, 0) is 37.7 Å².